The summed E-state index contributed by atoms with van der Waals surface area (Å²) in [6, 6.07) is 8.53. The molecule has 1 unspecified atom stereocenters. The van der Waals surface area contributed by atoms with E-state index in [4.69, 9.17) is 4.89 Å². The van der Waals surface area contributed by atoms with E-state index in [9.17, 15) is 4.57 Å². The Balaban J connectivity index is 0.000000810. The zero-order valence-corrected chi connectivity index (χ0v) is 8.58. The fraction of sp³-hybridized carbons (Fsp3) is 0. The van der Waals surface area contributed by atoms with Crippen molar-refractivity contribution in [2.75, 3.05) is 0 Å². The second-order valence-electron chi connectivity index (χ2n) is 1.61. The van der Waals surface area contributed by atoms with E-state index in [2.05, 4.69) is 0 Å². The summed E-state index contributed by atoms with van der Waals surface area (Å²) in [6.07, 6.45) is 0. The molecule has 0 amide bonds. The van der Waals surface area contributed by atoms with Crippen molar-refractivity contribution in [2.45, 2.75) is 0 Å². The van der Waals surface area contributed by atoms with E-state index >= 15 is 0 Å². The van der Waals surface area contributed by atoms with Gasteiger partial charge < -0.3 is 0 Å². The fourth-order valence-corrected chi connectivity index (χ4v) is 0.983. The van der Waals surface area contributed by atoms with Crippen molar-refractivity contribution in [3.05, 3.63) is 30.3 Å². The summed E-state index contributed by atoms with van der Waals surface area (Å²) in [6.45, 7) is 0. The molecule has 0 saturated carbocycles. The van der Waals surface area contributed by atoms with E-state index in [0.29, 0.717) is 5.30 Å². The van der Waals surface area contributed by atoms with Crippen LogP contribution in [-0.4, -0.2) is 4.89 Å². The summed E-state index contributed by atoms with van der Waals surface area (Å²) >= 11 is 0. The summed E-state index contributed by atoms with van der Waals surface area (Å²) in [5.41, 5.74) is 0. The molecule has 2 nitrogen and oxygen atoms in total. The van der Waals surface area contributed by atoms with Crippen LogP contribution in [-0.2, 0) is 4.57 Å². The van der Waals surface area contributed by atoms with Crippen LogP contribution in [0.5, 0.6) is 0 Å². The topological polar surface area (TPSA) is 37.3 Å². The van der Waals surface area contributed by atoms with Gasteiger partial charge in [-0.25, -0.2) is 0 Å². The molecule has 0 bridgehead atoms. The minimum absolute atomic E-state index is 0. The van der Waals surface area contributed by atoms with E-state index in [1.165, 1.54) is 0 Å². The molecule has 0 aliphatic carbocycles. The van der Waals surface area contributed by atoms with Crippen LogP contribution < -0.4 is 34.9 Å². The Kier molecular flexibility index (Phi) is 5.14. The summed E-state index contributed by atoms with van der Waals surface area (Å²) < 4.78 is 10.3. The molecule has 0 fully saturated rings. The molecule has 0 saturated heterocycles. The predicted molar refractivity (Wildman–Crippen MR) is 35.9 cm³/mol. The van der Waals surface area contributed by atoms with Gasteiger partial charge in [-0.2, -0.15) is 4.89 Å². The third-order valence-electron chi connectivity index (χ3n) is 0.977. The van der Waals surface area contributed by atoms with Gasteiger partial charge in [0.05, 0.1) is 0 Å². The molecule has 46 valence electrons. The Morgan fingerprint density at radius 1 is 1.20 bits per heavy atom. The normalized spacial score (nSPS) is 9.90. The van der Waals surface area contributed by atoms with Crippen LogP contribution in [0.2, 0.25) is 0 Å². The molecule has 1 N–H and O–H groups in total. The molecular weight excluding hydrogens is 158 g/mol. The quantitative estimate of drug-likeness (QED) is 0.387. The summed E-state index contributed by atoms with van der Waals surface area (Å²) in [4.78, 5) is 8.53. The van der Waals surface area contributed by atoms with Gasteiger partial charge >= 0.3 is 37.6 Å². The molecule has 1 atom stereocenters. The molecule has 0 radical (unpaired) electrons. The molecule has 1 aromatic carbocycles. The Labute approximate surface area is 82.4 Å². The molecule has 4 heteroatoms. The Morgan fingerprint density at radius 2 is 1.70 bits per heavy atom. The van der Waals surface area contributed by atoms with Gasteiger partial charge in [-0.1, -0.05) is 18.2 Å². The molecule has 0 aliphatic rings. The average molecular weight is 164 g/mol. The molecule has 0 heterocycles. The van der Waals surface area contributed by atoms with E-state index in [0.717, 1.165) is 0 Å². The second kappa shape index (κ2) is 5.00. The van der Waals surface area contributed by atoms with Crippen LogP contribution in [0.3, 0.4) is 0 Å². The maximum atomic E-state index is 10.3. The maximum absolute atomic E-state index is 10.3. The van der Waals surface area contributed by atoms with Gasteiger partial charge in [0.2, 0.25) is 5.30 Å². The number of benzene rings is 1. The molecular formula is C6H6NaO2P+2. The Bertz CT molecular complexity index is 212. The largest absolute Gasteiger partial charge is 1.00 e. The first kappa shape index (κ1) is 10.3. The molecule has 1 aromatic rings. The number of rotatable bonds is 1. The first-order chi connectivity index (χ1) is 4.30. The Morgan fingerprint density at radius 3 is 2.00 bits per heavy atom. The van der Waals surface area contributed by atoms with E-state index in [1.54, 1.807) is 24.3 Å². The monoisotopic (exact) mass is 164 g/mol. The molecule has 10 heavy (non-hydrogen) atoms. The molecule has 0 aliphatic heterocycles. The van der Waals surface area contributed by atoms with Crippen molar-refractivity contribution in [3.63, 3.8) is 0 Å². The van der Waals surface area contributed by atoms with Crippen molar-refractivity contribution in [3.8, 4) is 0 Å². The summed E-state index contributed by atoms with van der Waals surface area (Å²) in [5, 5.41) is 0.479. The van der Waals surface area contributed by atoms with Crippen LogP contribution in [0.1, 0.15) is 0 Å². The first-order valence-corrected chi connectivity index (χ1v) is 3.73. The third-order valence-corrected chi connectivity index (χ3v) is 1.72. The van der Waals surface area contributed by atoms with Crippen LogP contribution in [0.4, 0.5) is 0 Å². The van der Waals surface area contributed by atoms with Crippen LogP contribution in [0.25, 0.3) is 0 Å². The minimum Gasteiger partial charge on any atom is -0.156 e. The third kappa shape index (κ3) is 2.91. The van der Waals surface area contributed by atoms with Crippen LogP contribution in [0, 0.1) is 0 Å². The van der Waals surface area contributed by atoms with Gasteiger partial charge in [0.15, 0.2) is 0 Å². The van der Waals surface area contributed by atoms with Crippen LogP contribution in [0.15, 0.2) is 30.3 Å². The van der Waals surface area contributed by atoms with E-state index in [1.807, 2.05) is 6.07 Å². The average Bonchev–Trinajstić information content (AvgIpc) is 1.90. The Hall–Kier alpha value is 0.280. The second-order valence-corrected chi connectivity index (χ2v) is 2.67. The zero-order chi connectivity index (χ0) is 6.69. The van der Waals surface area contributed by atoms with Gasteiger partial charge in [0.25, 0.3) is 0 Å². The van der Waals surface area contributed by atoms with Crippen molar-refractivity contribution < 1.29 is 39.0 Å². The molecule has 0 spiro atoms. The summed E-state index contributed by atoms with van der Waals surface area (Å²) in [7, 11) is -2.15. The fourth-order valence-electron chi connectivity index (χ4n) is 0.556. The van der Waals surface area contributed by atoms with Crippen molar-refractivity contribution in [2.24, 2.45) is 0 Å². The van der Waals surface area contributed by atoms with Crippen LogP contribution >= 0.6 is 8.03 Å². The van der Waals surface area contributed by atoms with Gasteiger partial charge in [-0.05, 0) is 16.7 Å². The van der Waals surface area contributed by atoms with E-state index < -0.39 is 8.03 Å². The minimum atomic E-state index is -2.15. The molecule has 1 rings (SSSR count). The first-order valence-electron chi connectivity index (χ1n) is 2.52. The zero-order valence-electron chi connectivity index (χ0n) is 5.69. The number of hydrogen-bond acceptors (Lipinski definition) is 1. The van der Waals surface area contributed by atoms with Gasteiger partial charge in [-0.15, -0.1) is 0 Å². The standard InChI is InChI=1S/C6H5O2P.Na/c7-9(8)6-4-2-1-3-5-6;/h1-5H;/q;+1/p+1. The van der Waals surface area contributed by atoms with E-state index in [-0.39, 0.29) is 29.6 Å². The summed E-state index contributed by atoms with van der Waals surface area (Å²) in [5.74, 6) is 0. The molecule has 0 aromatic heterocycles. The van der Waals surface area contributed by atoms with Crippen molar-refractivity contribution in [1.82, 2.24) is 0 Å². The smallest absolute Gasteiger partial charge is 0.156 e. The van der Waals surface area contributed by atoms with Gasteiger partial charge in [0.1, 0.15) is 0 Å². The SMILES string of the molecule is O=[P+](O)c1ccccc1.[Na+]. The number of hydrogen-bond donors (Lipinski definition) is 1. The van der Waals surface area contributed by atoms with Crippen molar-refractivity contribution in [1.29, 1.82) is 0 Å². The van der Waals surface area contributed by atoms with Gasteiger partial charge in [0, 0.05) is 0 Å². The predicted octanol–water partition coefficient (Wildman–Crippen LogP) is -1.95. The van der Waals surface area contributed by atoms with Gasteiger partial charge in [-0.3, -0.25) is 0 Å². The maximum Gasteiger partial charge on any atom is 1.00 e. The van der Waals surface area contributed by atoms with Crippen molar-refractivity contribution >= 4 is 13.3 Å².